The molecule has 2 heterocycles. The molecule has 118 valence electrons. The number of amides is 2. The molecule has 3 rings (SSSR count). The van der Waals surface area contributed by atoms with E-state index in [1.54, 1.807) is 19.2 Å². The number of hydrogen-bond acceptors (Lipinski definition) is 3. The van der Waals surface area contributed by atoms with E-state index in [1.807, 2.05) is 23.1 Å². The van der Waals surface area contributed by atoms with Crippen LogP contribution in [-0.2, 0) is 9.53 Å². The largest absolute Gasteiger partial charge is 0.381 e. The van der Waals surface area contributed by atoms with Crippen LogP contribution < -0.4 is 5.32 Å². The number of rotatable bonds is 4. The van der Waals surface area contributed by atoms with E-state index in [4.69, 9.17) is 4.74 Å². The molecule has 1 aromatic rings. The number of piperidine rings is 1. The lowest BCUT2D eigenvalue weighted by Gasteiger charge is -2.38. The normalized spacial score (nSPS) is 26.8. The molecule has 2 aliphatic heterocycles. The maximum atomic E-state index is 12.5. The molecule has 0 saturated carbocycles. The van der Waals surface area contributed by atoms with Crippen molar-refractivity contribution in [3.05, 3.63) is 35.9 Å². The van der Waals surface area contributed by atoms with Gasteiger partial charge in [0.05, 0.1) is 12.6 Å². The molecule has 1 N–H and O–H groups in total. The molecule has 2 unspecified atom stereocenters. The lowest BCUT2D eigenvalue weighted by Crippen LogP contribution is -2.51. The molecule has 5 nitrogen and oxygen atoms in total. The second-order valence-corrected chi connectivity index (χ2v) is 6.06. The van der Waals surface area contributed by atoms with E-state index >= 15 is 0 Å². The van der Waals surface area contributed by atoms with Gasteiger partial charge in [0.25, 0.3) is 5.91 Å². The highest BCUT2D eigenvalue weighted by atomic mass is 16.5. The second kappa shape index (κ2) is 6.48. The summed E-state index contributed by atoms with van der Waals surface area (Å²) < 4.78 is 5.45. The minimum absolute atomic E-state index is 0.0198. The van der Waals surface area contributed by atoms with Crippen molar-refractivity contribution in [1.82, 2.24) is 10.2 Å². The average Bonchev–Trinajstić information content (AvgIpc) is 2.83. The van der Waals surface area contributed by atoms with Crippen molar-refractivity contribution in [1.29, 1.82) is 0 Å². The lowest BCUT2D eigenvalue weighted by molar-refractivity contribution is -0.136. The summed E-state index contributed by atoms with van der Waals surface area (Å²) in [5, 5.41) is 2.73. The first kappa shape index (κ1) is 15.0. The van der Waals surface area contributed by atoms with Crippen LogP contribution in [0.5, 0.6) is 0 Å². The molecule has 0 aromatic heterocycles. The molecule has 0 radical (unpaired) electrons. The van der Waals surface area contributed by atoms with E-state index < -0.39 is 0 Å². The zero-order chi connectivity index (χ0) is 15.5. The number of hydrogen-bond donors (Lipinski definition) is 1. The van der Waals surface area contributed by atoms with Crippen molar-refractivity contribution in [2.75, 3.05) is 13.7 Å². The SMILES string of the molecule is COC1CC2CCC(C1)N2C(=O)CNC(=O)c1ccccc1. The van der Waals surface area contributed by atoms with Gasteiger partial charge in [-0.25, -0.2) is 0 Å². The summed E-state index contributed by atoms with van der Waals surface area (Å²) in [6.07, 6.45) is 4.17. The molecule has 2 fully saturated rings. The maximum Gasteiger partial charge on any atom is 0.251 e. The molecule has 2 bridgehead atoms. The van der Waals surface area contributed by atoms with Gasteiger partial charge in [-0.1, -0.05) is 18.2 Å². The molecular weight excluding hydrogens is 280 g/mol. The van der Waals surface area contributed by atoms with Crippen molar-refractivity contribution in [3.8, 4) is 0 Å². The van der Waals surface area contributed by atoms with Gasteiger partial charge < -0.3 is 15.0 Å². The number of methoxy groups -OCH3 is 1. The van der Waals surface area contributed by atoms with E-state index in [1.165, 1.54) is 0 Å². The first-order chi connectivity index (χ1) is 10.7. The zero-order valence-corrected chi connectivity index (χ0v) is 12.8. The summed E-state index contributed by atoms with van der Waals surface area (Å²) >= 11 is 0. The number of nitrogens with zero attached hydrogens (tertiary/aromatic N) is 1. The first-order valence-corrected chi connectivity index (χ1v) is 7.86. The fourth-order valence-electron chi connectivity index (χ4n) is 3.67. The Morgan fingerprint density at radius 3 is 2.41 bits per heavy atom. The number of carbonyl (C=O) groups excluding carboxylic acids is 2. The highest BCUT2D eigenvalue weighted by molar-refractivity contribution is 5.96. The molecule has 0 spiro atoms. The molecule has 2 saturated heterocycles. The summed E-state index contributed by atoms with van der Waals surface area (Å²) in [7, 11) is 1.74. The predicted octanol–water partition coefficient (Wildman–Crippen LogP) is 1.58. The van der Waals surface area contributed by atoms with Crippen LogP contribution in [0.1, 0.15) is 36.0 Å². The summed E-state index contributed by atoms with van der Waals surface area (Å²) in [6.45, 7) is 0.0678. The van der Waals surface area contributed by atoms with E-state index in [0.29, 0.717) is 5.56 Å². The van der Waals surface area contributed by atoms with Crippen molar-refractivity contribution < 1.29 is 14.3 Å². The third-order valence-corrected chi connectivity index (χ3v) is 4.75. The van der Waals surface area contributed by atoms with Gasteiger partial charge >= 0.3 is 0 Å². The fourth-order valence-corrected chi connectivity index (χ4v) is 3.67. The quantitative estimate of drug-likeness (QED) is 0.919. The monoisotopic (exact) mass is 302 g/mol. The number of carbonyl (C=O) groups is 2. The molecule has 5 heteroatoms. The second-order valence-electron chi connectivity index (χ2n) is 6.06. The highest BCUT2D eigenvalue weighted by Crippen LogP contribution is 2.36. The van der Waals surface area contributed by atoms with Crippen LogP contribution in [0.3, 0.4) is 0 Å². The van der Waals surface area contributed by atoms with E-state index in [-0.39, 0.29) is 36.5 Å². The van der Waals surface area contributed by atoms with Crippen LogP contribution in [0.4, 0.5) is 0 Å². The minimum atomic E-state index is -0.201. The fraction of sp³-hybridized carbons (Fsp3) is 0.529. The Kier molecular flexibility index (Phi) is 4.43. The average molecular weight is 302 g/mol. The Bertz CT molecular complexity index is 532. The minimum Gasteiger partial charge on any atom is -0.381 e. The number of nitrogens with one attached hydrogen (secondary N) is 1. The van der Waals surface area contributed by atoms with Crippen molar-refractivity contribution in [2.24, 2.45) is 0 Å². The Balaban J connectivity index is 1.56. The van der Waals surface area contributed by atoms with Gasteiger partial charge in [0, 0.05) is 24.8 Å². The van der Waals surface area contributed by atoms with Gasteiger partial charge in [0.1, 0.15) is 0 Å². The Labute approximate surface area is 130 Å². The Morgan fingerprint density at radius 1 is 1.18 bits per heavy atom. The van der Waals surface area contributed by atoms with Crippen LogP contribution in [0.25, 0.3) is 0 Å². The third kappa shape index (κ3) is 2.99. The third-order valence-electron chi connectivity index (χ3n) is 4.75. The van der Waals surface area contributed by atoms with E-state index in [2.05, 4.69) is 5.32 Å². The molecule has 2 atom stereocenters. The van der Waals surface area contributed by atoms with Gasteiger partial charge in [0.2, 0.25) is 5.91 Å². The molecule has 2 aliphatic rings. The zero-order valence-electron chi connectivity index (χ0n) is 12.8. The summed E-state index contributed by atoms with van der Waals surface area (Å²) in [4.78, 5) is 26.4. The molecule has 2 amide bonds. The van der Waals surface area contributed by atoms with Crippen molar-refractivity contribution >= 4 is 11.8 Å². The van der Waals surface area contributed by atoms with Crippen LogP contribution in [-0.4, -0.2) is 48.6 Å². The summed E-state index contributed by atoms with van der Waals surface area (Å²) in [6, 6.07) is 9.51. The van der Waals surface area contributed by atoms with Crippen molar-refractivity contribution in [3.63, 3.8) is 0 Å². The van der Waals surface area contributed by atoms with Gasteiger partial charge in [-0.05, 0) is 37.8 Å². The number of fused-ring (bicyclic) bond motifs is 2. The van der Waals surface area contributed by atoms with Gasteiger partial charge in [-0.2, -0.15) is 0 Å². The smallest absolute Gasteiger partial charge is 0.251 e. The summed E-state index contributed by atoms with van der Waals surface area (Å²) in [5.74, 6) is -0.181. The Hall–Kier alpha value is -1.88. The first-order valence-electron chi connectivity index (χ1n) is 7.86. The van der Waals surface area contributed by atoms with Crippen molar-refractivity contribution in [2.45, 2.75) is 43.9 Å². The molecule has 1 aromatic carbocycles. The van der Waals surface area contributed by atoms with Crippen LogP contribution in [0.15, 0.2) is 30.3 Å². The predicted molar refractivity (Wildman–Crippen MR) is 82.5 cm³/mol. The Morgan fingerprint density at radius 2 is 1.82 bits per heavy atom. The molecule has 0 aliphatic carbocycles. The lowest BCUT2D eigenvalue weighted by atomic mass is 9.99. The van der Waals surface area contributed by atoms with E-state index in [0.717, 1.165) is 25.7 Å². The number of ether oxygens (including phenoxy) is 1. The molecular formula is C17H22N2O3. The summed E-state index contributed by atoms with van der Waals surface area (Å²) in [5.41, 5.74) is 0.580. The molecule has 22 heavy (non-hydrogen) atoms. The van der Waals surface area contributed by atoms with Crippen LogP contribution >= 0.6 is 0 Å². The number of benzene rings is 1. The van der Waals surface area contributed by atoms with Gasteiger partial charge in [0.15, 0.2) is 0 Å². The van der Waals surface area contributed by atoms with Crippen LogP contribution in [0, 0.1) is 0 Å². The maximum absolute atomic E-state index is 12.5. The van der Waals surface area contributed by atoms with Gasteiger partial charge in [-0.15, -0.1) is 0 Å². The highest BCUT2D eigenvalue weighted by Gasteiger charge is 2.43. The van der Waals surface area contributed by atoms with E-state index in [9.17, 15) is 9.59 Å². The topological polar surface area (TPSA) is 58.6 Å². The van der Waals surface area contributed by atoms with Crippen LogP contribution in [0.2, 0.25) is 0 Å². The van der Waals surface area contributed by atoms with Gasteiger partial charge in [-0.3, -0.25) is 9.59 Å². The standard InChI is InChI=1S/C17H22N2O3/c1-22-15-9-13-7-8-14(10-15)19(13)16(20)11-18-17(21)12-5-3-2-4-6-12/h2-6,13-15H,7-11H2,1H3,(H,18,21).